The zero-order valence-corrected chi connectivity index (χ0v) is 17.8. The van der Waals surface area contributed by atoms with Crippen LogP contribution in [0.2, 0.25) is 10.0 Å². The predicted octanol–water partition coefficient (Wildman–Crippen LogP) is 4.86. The van der Waals surface area contributed by atoms with Gasteiger partial charge in [0.05, 0.1) is 12.7 Å². The number of amides is 2. The SMILES string of the molecule is COc1ccc(C(=O)NCc2cccc(Cl)c2)cc1C(=O)NCc1cccc(Cl)c1. The third kappa shape index (κ3) is 5.75. The molecular weight excluding hydrogens is 423 g/mol. The monoisotopic (exact) mass is 442 g/mol. The van der Waals surface area contributed by atoms with Crippen LogP contribution in [-0.4, -0.2) is 18.9 Å². The van der Waals surface area contributed by atoms with Crippen LogP contribution >= 0.6 is 23.2 Å². The maximum Gasteiger partial charge on any atom is 0.255 e. The minimum absolute atomic E-state index is 0.273. The van der Waals surface area contributed by atoms with Crippen molar-refractivity contribution >= 4 is 35.0 Å². The summed E-state index contributed by atoms with van der Waals surface area (Å²) < 4.78 is 5.29. The first kappa shape index (κ1) is 21.7. The van der Waals surface area contributed by atoms with E-state index < -0.39 is 0 Å². The molecule has 0 aromatic heterocycles. The molecule has 0 aliphatic heterocycles. The van der Waals surface area contributed by atoms with E-state index in [-0.39, 0.29) is 17.4 Å². The van der Waals surface area contributed by atoms with Gasteiger partial charge < -0.3 is 15.4 Å². The first-order valence-electron chi connectivity index (χ1n) is 9.19. The zero-order chi connectivity index (χ0) is 21.5. The second-order valence-corrected chi connectivity index (χ2v) is 7.41. The van der Waals surface area contributed by atoms with Gasteiger partial charge in [-0.3, -0.25) is 9.59 Å². The Morgan fingerprint density at radius 1 is 0.800 bits per heavy atom. The average molecular weight is 443 g/mol. The molecule has 0 unspecified atom stereocenters. The fourth-order valence-corrected chi connectivity index (χ4v) is 3.31. The normalized spacial score (nSPS) is 10.4. The van der Waals surface area contributed by atoms with E-state index in [1.807, 2.05) is 24.3 Å². The van der Waals surface area contributed by atoms with Gasteiger partial charge in [-0.1, -0.05) is 47.5 Å². The first-order valence-corrected chi connectivity index (χ1v) is 9.95. The number of halogens is 2. The van der Waals surface area contributed by atoms with Crippen LogP contribution in [0.25, 0.3) is 0 Å². The van der Waals surface area contributed by atoms with E-state index in [1.54, 1.807) is 36.4 Å². The van der Waals surface area contributed by atoms with Crippen molar-refractivity contribution in [1.29, 1.82) is 0 Å². The van der Waals surface area contributed by atoms with Crippen LogP contribution in [-0.2, 0) is 13.1 Å². The van der Waals surface area contributed by atoms with Crippen molar-refractivity contribution in [2.24, 2.45) is 0 Å². The molecule has 0 aliphatic rings. The van der Waals surface area contributed by atoms with Crippen molar-refractivity contribution in [1.82, 2.24) is 10.6 Å². The highest BCUT2D eigenvalue weighted by molar-refractivity contribution is 6.30. The van der Waals surface area contributed by atoms with Crippen molar-refractivity contribution in [3.05, 3.63) is 99.0 Å². The van der Waals surface area contributed by atoms with Gasteiger partial charge >= 0.3 is 0 Å². The van der Waals surface area contributed by atoms with Crippen LogP contribution in [0.1, 0.15) is 31.8 Å². The van der Waals surface area contributed by atoms with Crippen LogP contribution in [0.3, 0.4) is 0 Å². The number of hydrogen-bond donors (Lipinski definition) is 2. The molecule has 0 bridgehead atoms. The Labute approximate surface area is 185 Å². The number of carbonyl (C=O) groups is 2. The molecule has 2 N–H and O–H groups in total. The minimum Gasteiger partial charge on any atom is -0.496 e. The number of methoxy groups -OCH3 is 1. The highest BCUT2D eigenvalue weighted by atomic mass is 35.5. The van der Waals surface area contributed by atoms with Gasteiger partial charge in [-0.15, -0.1) is 0 Å². The Kier molecular flexibility index (Phi) is 7.33. The summed E-state index contributed by atoms with van der Waals surface area (Å²) in [6, 6.07) is 19.2. The summed E-state index contributed by atoms with van der Waals surface area (Å²) in [5.74, 6) is -0.275. The van der Waals surface area contributed by atoms with Crippen LogP contribution < -0.4 is 15.4 Å². The molecule has 0 aliphatic carbocycles. The van der Waals surface area contributed by atoms with E-state index in [4.69, 9.17) is 27.9 Å². The summed E-state index contributed by atoms with van der Waals surface area (Å²) in [6.45, 7) is 0.620. The summed E-state index contributed by atoms with van der Waals surface area (Å²) in [4.78, 5) is 25.3. The van der Waals surface area contributed by atoms with E-state index in [9.17, 15) is 9.59 Å². The summed E-state index contributed by atoms with van der Waals surface area (Å²) in [6.07, 6.45) is 0. The average Bonchev–Trinajstić information content (AvgIpc) is 2.75. The van der Waals surface area contributed by atoms with E-state index >= 15 is 0 Å². The molecule has 5 nitrogen and oxygen atoms in total. The van der Waals surface area contributed by atoms with E-state index in [0.29, 0.717) is 34.4 Å². The Bertz CT molecular complexity index is 1070. The Morgan fingerprint density at radius 2 is 1.37 bits per heavy atom. The second kappa shape index (κ2) is 10.1. The van der Waals surface area contributed by atoms with Crippen molar-refractivity contribution in [2.45, 2.75) is 13.1 Å². The van der Waals surface area contributed by atoms with E-state index in [0.717, 1.165) is 11.1 Å². The zero-order valence-electron chi connectivity index (χ0n) is 16.2. The third-order valence-corrected chi connectivity index (χ3v) is 4.86. The number of benzene rings is 3. The van der Waals surface area contributed by atoms with Gasteiger partial charge in [-0.25, -0.2) is 0 Å². The first-order chi connectivity index (χ1) is 14.5. The Balaban J connectivity index is 1.70. The number of ether oxygens (including phenoxy) is 1. The van der Waals surface area contributed by atoms with Gasteiger partial charge in [-0.05, 0) is 53.6 Å². The van der Waals surface area contributed by atoms with Crippen LogP contribution in [0, 0.1) is 0 Å². The number of rotatable bonds is 7. The molecule has 0 heterocycles. The predicted molar refractivity (Wildman–Crippen MR) is 118 cm³/mol. The maximum absolute atomic E-state index is 12.7. The fourth-order valence-electron chi connectivity index (χ4n) is 2.88. The Morgan fingerprint density at radius 3 is 1.90 bits per heavy atom. The molecule has 0 saturated heterocycles. The fraction of sp³-hybridized carbons (Fsp3) is 0.130. The molecule has 3 rings (SSSR count). The van der Waals surface area contributed by atoms with Crippen LogP contribution in [0.5, 0.6) is 5.75 Å². The molecule has 0 fully saturated rings. The molecule has 0 spiro atoms. The summed E-state index contributed by atoms with van der Waals surface area (Å²) in [5.41, 5.74) is 2.37. The summed E-state index contributed by atoms with van der Waals surface area (Å²) in [5, 5.41) is 6.85. The number of carbonyl (C=O) groups excluding carboxylic acids is 2. The molecule has 7 heteroatoms. The minimum atomic E-state index is -0.351. The Hall–Kier alpha value is -3.02. The van der Waals surface area contributed by atoms with Crippen LogP contribution in [0.15, 0.2) is 66.7 Å². The van der Waals surface area contributed by atoms with Crippen molar-refractivity contribution < 1.29 is 14.3 Å². The third-order valence-electron chi connectivity index (χ3n) is 4.39. The lowest BCUT2D eigenvalue weighted by Crippen LogP contribution is -2.26. The maximum atomic E-state index is 12.7. The molecule has 30 heavy (non-hydrogen) atoms. The molecule has 154 valence electrons. The lowest BCUT2D eigenvalue weighted by Gasteiger charge is -2.12. The summed E-state index contributed by atoms with van der Waals surface area (Å²) in [7, 11) is 1.47. The molecule has 3 aromatic carbocycles. The molecular formula is C23H20Cl2N2O3. The molecule has 0 saturated carbocycles. The van der Waals surface area contributed by atoms with Crippen molar-refractivity contribution in [3.8, 4) is 5.75 Å². The number of hydrogen-bond acceptors (Lipinski definition) is 3. The second-order valence-electron chi connectivity index (χ2n) is 6.54. The highest BCUT2D eigenvalue weighted by Gasteiger charge is 2.16. The lowest BCUT2D eigenvalue weighted by atomic mass is 10.1. The quantitative estimate of drug-likeness (QED) is 0.548. The van der Waals surface area contributed by atoms with Gasteiger partial charge in [-0.2, -0.15) is 0 Å². The van der Waals surface area contributed by atoms with Crippen LogP contribution in [0.4, 0.5) is 0 Å². The van der Waals surface area contributed by atoms with E-state index in [1.165, 1.54) is 13.2 Å². The van der Waals surface area contributed by atoms with E-state index in [2.05, 4.69) is 10.6 Å². The largest absolute Gasteiger partial charge is 0.496 e. The molecule has 0 atom stereocenters. The molecule has 3 aromatic rings. The lowest BCUT2D eigenvalue weighted by molar-refractivity contribution is 0.0948. The molecule has 2 amide bonds. The number of nitrogens with one attached hydrogen (secondary N) is 2. The van der Waals surface area contributed by atoms with Gasteiger partial charge in [0.15, 0.2) is 0 Å². The van der Waals surface area contributed by atoms with Gasteiger partial charge in [0.2, 0.25) is 0 Å². The summed E-state index contributed by atoms with van der Waals surface area (Å²) >= 11 is 11.9. The van der Waals surface area contributed by atoms with Crippen molar-refractivity contribution in [3.63, 3.8) is 0 Å². The van der Waals surface area contributed by atoms with Gasteiger partial charge in [0.1, 0.15) is 5.75 Å². The van der Waals surface area contributed by atoms with Crippen molar-refractivity contribution in [2.75, 3.05) is 7.11 Å². The highest BCUT2D eigenvalue weighted by Crippen LogP contribution is 2.21. The standard InChI is InChI=1S/C23H20Cl2N2O3/c1-30-21-9-8-17(22(28)26-13-15-4-2-6-18(24)10-15)12-20(21)23(29)27-14-16-5-3-7-19(25)11-16/h2-12H,13-14H2,1H3,(H,26,28)(H,27,29). The smallest absolute Gasteiger partial charge is 0.255 e. The van der Waals surface area contributed by atoms with Gasteiger partial charge in [0.25, 0.3) is 11.8 Å². The van der Waals surface area contributed by atoms with Gasteiger partial charge in [0, 0.05) is 28.7 Å². The topological polar surface area (TPSA) is 67.4 Å². The molecule has 0 radical (unpaired) electrons.